The highest BCUT2D eigenvalue weighted by atomic mass is 35.5. The van der Waals surface area contributed by atoms with Crippen molar-refractivity contribution < 1.29 is 4.74 Å². The maximum absolute atomic E-state index is 6.10. The SMILES string of the molecule is CNc1ncnc(Nc2cc(C)c(Cl)cc2OC)c1C. The molecule has 1 heterocycles. The summed E-state index contributed by atoms with van der Waals surface area (Å²) in [5.74, 6) is 2.18. The van der Waals surface area contributed by atoms with Gasteiger partial charge in [0.05, 0.1) is 12.8 Å². The van der Waals surface area contributed by atoms with Gasteiger partial charge in [-0.15, -0.1) is 0 Å². The van der Waals surface area contributed by atoms with Crippen molar-refractivity contribution in [2.75, 3.05) is 24.8 Å². The zero-order valence-electron chi connectivity index (χ0n) is 11.9. The van der Waals surface area contributed by atoms with Crippen LogP contribution in [0.5, 0.6) is 5.75 Å². The van der Waals surface area contributed by atoms with Crippen LogP contribution in [0, 0.1) is 13.8 Å². The van der Waals surface area contributed by atoms with Gasteiger partial charge < -0.3 is 15.4 Å². The first-order valence-electron chi connectivity index (χ1n) is 6.17. The normalized spacial score (nSPS) is 10.2. The Hall–Kier alpha value is -2.01. The highest BCUT2D eigenvalue weighted by Gasteiger charge is 2.11. The molecule has 106 valence electrons. The van der Waals surface area contributed by atoms with Crippen molar-refractivity contribution in [1.82, 2.24) is 9.97 Å². The van der Waals surface area contributed by atoms with Gasteiger partial charge >= 0.3 is 0 Å². The molecule has 0 amide bonds. The van der Waals surface area contributed by atoms with Crippen molar-refractivity contribution in [3.63, 3.8) is 0 Å². The molecule has 0 unspecified atom stereocenters. The maximum atomic E-state index is 6.10. The van der Waals surface area contributed by atoms with Crippen LogP contribution in [0.25, 0.3) is 0 Å². The molecule has 0 atom stereocenters. The number of halogens is 1. The summed E-state index contributed by atoms with van der Waals surface area (Å²) in [4.78, 5) is 8.42. The standard InChI is InChI=1S/C14H17ClN4O/c1-8-5-11(12(20-4)6-10(8)15)19-14-9(2)13(16-3)17-7-18-14/h5-7H,1-4H3,(H2,16,17,18,19). The number of ether oxygens (including phenoxy) is 1. The van der Waals surface area contributed by atoms with Crippen LogP contribution in [0.15, 0.2) is 18.5 Å². The van der Waals surface area contributed by atoms with Gasteiger partial charge in [-0.05, 0) is 25.5 Å². The van der Waals surface area contributed by atoms with Gasteiger partial charge in [0, 0.05) is 23.7 Å². The number of hydrogen-bond acceptors (Lipinski definition) is 5. The molecule has 0 fully saturated rings. The van der Waals surface area contributed by atoms with Gasteiger partial charge in [0.25, 0.3) is 0 Å². The Morgan fingerprint density at radius 1 is 1.15 bits per heavy atom. The Balaban J connectivity index is 2.42. The topological polar surface area (TPSA) is 59.1 Å². The Bertz CT molecular complexity index is 631. The lowest BCUT2D eigenvalue weighted by Gasteiger charge is -2.15. The third-order valence-electron chi connectivity index (χ3n) is 3.05. The van der Waals surface area contributed by atoms with Gasteiger partial charge in [-0.25, -0.2) is 9.97 Å². The summed E-state index contributed by atoms with van der Waals surface area (Å²) in [6.07, 6.45) is 1.51. The number of aryl methyl sites for hydroxylation is 1. The molecular formula is C14H17ClN4O. The quantitative estimate of drug-likeness (QED) is 0.902. The summed E-state index contributed by atoms with van der Waals surface area (Å²) in [5, 5.41) is 6.96. The summed E-state index contributed by atoms with van der Waals surface area (Å²) in [7, 11) is 3.43. The van der Waals surface area contributed by atoms with Crippen LogP contribution in [-0.4, -0.2) is 24.1 Å². The molecule has 1 aromatic carbocycles. The zero-order chi connectivity index (χ0) is 14.7. The Morgan fingerprint density at radius 2 is 1.85 bits per heavy atom. The smallest absolute Gasteiger partial charge is 0.143 e. The van der Waals surface area contributed by atoms with E-state index in [1.807, 2.05) is 27.0 Å². The predicted octanol–water partition coefficient (Wildman–Crippen LogP) is 3.54. The van der Waals surface area contributed by atoms with E-state index >= 15 is 0 Å². The van der Waals surface area contributed by atoms with Gasteiger partial charge in [0.2, 0.25) is 0 Å². The van der Waals surface area contributed by atoms with Crippen LogP contribution in [0.3, 0.4) is 0 Å². The van der Waals surface area contributed by atoms with Crippen molar-refractivity contribution in [3.05, 3.63) is 34.6 Å². The number of methoxy groups -OCH3 is 1. The van der Waals surface area contributed by atoms with E-state index in [0.717, 1.165) is 28.5 Å². The van der Waals surface area contributed by atoms with E-state index in [4.69, 9.17) is 16.3 Å². The van der Waals surface area contributed by atoms with Gasteiger partial charge in [-0.1, -0.05) is 11.6 Å². The monoisotopic (exact) mass is 292 g/mol. The second-order valence-corrected chi connectivity index (χ2v) is 4.78. The number of anilines is 3. The summed E-state index contributed by atoms with van der Waals surface area (Å²) in [5.41, 5.74) is 2.72. The van der Waals surface area contributed by atoms with Gasteiger partial charge in [0.1, 0.15) is 23.7 Å². The molecule has 2 aromatic rings. The second-order valence-electron chi connectivity index (χ2n) is 4.37. The molecule has 2 N–H and O–H groups in total. The number of benzene rings is 1. The molecule has 2 rings (SSSR count). The first-order chi connectivity index (χ1) is 9.56. The lowest BCUT2D eigenvalue weighted by molar-refractivity contribution is 0.416. The van der Waals surface area contributed by atoms with Gasteiger partial charge in [-0.3, -0.25) is 0 Å². The Labute approximate surface area is 123 Å². The molecule has 0 spiro atoms. The molecule has 20 heavy (non-hydrogen) atoms. The van der Waals surface area contributed by atoms with Crippen LogP contribution in [-0.2, 0) is 0 Å². The van der Waals surface area contributed by atoms with Crippen LogP contribution in [0.4, 0.5) is 17.3 Å². The molecule has 0 saturated carbocycles. The van der Waals surface area contributed by atoms with Crippen molar-refractivity contribution in [1.29, 1.82) is 0 Å². The van der Waals surface area contributed by atoms with Crippen LogP contribution in [0.1, 0.15) is 11.1 Å². The fourth-order valence-electron chi connectivity index (χ4n) is 1.89. The molecule has 0 aliphatic rings. The minimum atomic E-state index is 0.669. The third kappa shape index (κ3) is 2.77. The third-order valence-corrected chi connectivity index (χ3v) is 3.46. The zero-order valence-corrected chi connectivity index (χ0v) is 12.7. The fraction of sp³-hybridized carbons (Fsp3) is 0.286. The summed E-state index contributed by atoms with van der Waals surface area (Å²) < 4.78 is 5.34. The summed E-state index contributed by atoms with van der Waals surface area (Å²) in [6.45, 7) is 3.89. The van der Waals surface area contributed by atoms with Crippen molar-refractivity contribution in [2.45, 2.75) is 13.8 Å². The van der Waals surface area contributed by atoms with Crippen LogP contribution in [0.2, 0.25) is 5.02 Å². The Morgan fingerprint density at radius 3 is 2.50 bits per heavy atom. The largest absolute Gasteiger partial charge is 0.495 e. The first-order valence-corrected chi connectivity index (χ1v) is 6.55. The van der Waals surface area contributed by atoms with Gasteiger partial charge in [-0.2, -0.15) is 0 Å². The van der Waals surface area contributed by atoms with E-state index in [1.165, 1.54) is 6.33 Å². The van der Waals surface area contributed by atoms with E-state index in [2.05, 4.69) is 20.6 Å². The molecule has 6 heteroatoms. The molecular weight excluding hydrogens is 276 g/mol. The predicted molar refractivity (Wildman–Crippen MR) is 82.3 cm³/mol. The number of hydrogen-bond donors (Lipinski definition) is 2. The average molecular weight is 293 g/mol. The fourth-order valence-corrected chi connectivity index (χ4v) is 2.04. The molecule has 0 aliphatic carbocycles. The minimum absolute atomic E-state index is 0.669. The van der Waals surface area contributed by atoms with Crippen LogP contribution < -0.4 is 15.4 Å². The lowest BCUT2D eigenvalue weighted by Crippen LogP contribution is -2.03. The Kier molecular flexibility index (Phi) is 4.29. The number of nitrogens with one attached hydrogen (secondary N) is 2. The highest BCUT2D eigenvalue weighted by molar-refractivity contribution is 6.31. The second kappa shape index (κ2) is 5.96. The molecule has 1 aromatic heterocycles. The number of aromatic nitrogens is 2. The maximum Gasteiger partial charge on any atom is 0.143 e. The number of nitrogens with zero attached hydrogens (tertiary/aromatic N) is 2. The molecule has 0 aliphatic heterocycles. The summed E-state index contributed by atoms with van der Waals surface area (Å²) in [6, 6.07) is 3.72. The molecule has 0 radical (unpaired) electrons. The van der Waals surface area contributed by atoms with Crippen LogP contribution >= 0.6 is 11.6 Å². The number of rotatable bonds is 4. The van der Waals surface area contributed by atoms with E-state index in [0.29, 0.717) is 10.8 Å². The first kappa shape index (κ1) is 14.4. The van der Waals surface area contributed by atoms with Crippen molar-refractivity contribution >= 4 is 28.9 Å². The lowest BCUT2D eigenvalue weighted by atomic mass is 10.2. The average Bonchev–Trinajstić information content (AvgIpc) is 2.44. The van der Waals surface area contributed by atoms with E-state index in [9.17, 15) is 0 Å². The van der Waals surface area contributed by atoms with E-state index in [-0.39, 0.29) is 0 Å². The van der Waals surface area contributed by atoms with Crippen molar-refractivity contribution in [3.8, 4) is 5.75 Å². The van der Waals surface area contributed by atoms with E-state index < -0.39 is 0 Å². The van der Waals surface area contributed by atoms with Crippen molar-refractivity contribution in [2.24, 2.45) is 0 Å². The highest BCUT2D eigenvalue weighted by Crippen LogP contribution is 2.33. The molecule has 5 nitrogen and oxygen atoms in total. The molecule has 0 bridgehead atoms. The molecule has 0 saturated heterocycles. The summed E-state index contributed by atoms with van der Waals surface area (Å²) >= 11 is 6.10. The minimum Gasteiger partial charge on any atom is -0.495 e. The van der Waals surface area contributed by atoms with Gasteiger partial charge in [0.15, 0.2) is 0 Å². The van der Waals surface area contributed by atoms with E-state index in [1.54, 1.807) is 13.2 Å².